The van der Waals surface area contributed by atoms with Gasteiger partial charge in [-0.05, 0) is 57.1 Å². The van der Waals surface area contributed by atoms with E-state index in [9.17, 15) is 10.2 Å². The van der Waals surface area contributed by atoms with Crippen LogP contribution in [-0.4, -0.2) is 16.8 Å². The van der Waals surface area contributed by atoms with E-state index in [-0.39, 0.29) is 29.4 Å². The summed E-state index contributed by atoms with van der Waals surface area (Å²) in [4.78, 5) is 0. The molecule has 0 bridgehead atoms. The molecule has 1 aromatic carbocycles. The number of unbranched alkanes of at least 4 members (excludes halogenated alkanes) is 2. The van der Waals surface area contributed by atoms with Crippen LogP contribution in [0.2, 0.25) is 0 Å². The minimum Gasteiger partial charge on any atom is -0.507 e. The Balaban J connectivity index is 2.05. The molecule has 2 N–H and O–H groups in total. The molecule has 3 rings (SSSR count). The minimum absolute atomic E-state index is 0.0246. The van der Waals surface area contributed by atoms with Gasteiger partial charge in [-0.15, -0.1) is 0 Å². The van der Waals surface area contributed by atoms with Crippen molar-refractivity contribution < 1.29 is 14.9 Å². The van der Waals surface area contributed by atoms with Gasteiger partial charge in [-0.3, -0.25) is 0 Å². The number of aromatic hydroxyl groups is 2. The molecule has 0 saturated carbocycles. The van der Waals surface area contributed by atoms with Crippen LogP contribution in [0.1, 0.15) is 81.6 Å². The molecule has 1 aliphatic heterocycles. The third-order valence-electron chi connectivity index (χ3n) is 5.86. The van der Waals surface area contributed by atoms with Crippen LogP contribution < -0.4 is 0 Å². The van der Waals surface area contributed by atoms with E-state index in [2.05, 4.69) is 26.5 Å². The van der Waals surface area contributed by atoms with Crippen LogP contribution in [0.25, 0.3) is 0 Å². The number of allylic oxidation sites excluding steroid dienone is 3. The fraction of sp³-hybridized carbons (Fsp3) is 0.565. The molecule has 26 heavy (non-hydrogen) atoms. The number of hydrogen-bond donors (Lipinski definition) is 2. The molecule has 1 fully saturated rings. The first-order chi connectivity index (χ1) is 12.4. The van der Waals surface area contributed by atoms with E-state index in [0.717, 1.165) is 55.2 Å². The summed E-state index contributed by atoms with van der Waals surface area (Å²) in [7, 11) is 0. The molecule has 3 heteroatoms. The number of rotatable bonds is 7. The molecule has 3 unspecified atom stereocenters. The molecule has 1 saturated heterocycles. The van der Waals surface area contributed by atoms with Gasteiger partial charge < -0.3 is 14.9 Å². The van der Waals surface area contributed by atoms with E-state index in [1.165, 1.54) is 5.57 Å². The minimum atomic E-state index is -0.0251. The predicted octanol–water partition coefficient (Wildman–Crippen LogP) is 5.92. The summed E-state index contributed by atoms with van der Waals surface area (Å²) in [5.41, 5.74) is 4.99. The van der Waals surface area contributed by atoms with Gasteiger partial charge in [0.2, 0.25) is 0 Å². The summed E-state index contributed by atoms with van der Waals surface area (Å²) in [6, 6.07) is 1.87. The Morgan fingerprint density at radius 1 is 1.27 bits per heavy atom. The Labute approximate surface area is 157 Å². The topological polar surface area (TPSA) is 53.0 Å². The molecule has 0 radical (unpaired) electrons. The summed E-state index contributed by atoms with van der Waals surface area (Å²) >= 11 is 0. The normalized spacial score (nSPS) is 25.0. The summed E-state index contributed by atoms with van der Waals surface area (Å²) in [6.07, 6.45) is 8.46. The Bertz CT molecular complexity index is 713. The fourth-order valence-electron chi connectivity index (χ4n) is 4.32. The van der Waals surface area contributed by atoms with E-state index in [0.29, 0.717) is 12.2 Å². The van der Waals surface area contributed by atoms with Crippen LogP contribution in [0.5, 0.6) is 11.5 Å². The molecule has 1 aromatic rings. The van der Waals surface area contributed by atoms with E-state index in [4.69, 9.17) is 4.74 Å². The Hall–Kier alpha value is -1.74. The highest BCUT2D eigenvalue weighted by atomic mass is 16.6. The van der Waals surface area contributed by atoms with Crippen molar-refractivity contribution in [1.29, 1.82) is 0 Å². The zero-order valence-corrected chi connectivity index (χ0v) is 16.3. The summed E-state index contributed by atoms with van der Waals surface area (Å²) in [5, 5.41) is 22.0. The van der Waals surface area contributed by atoms with Crippen molar-refractivity contribution in [1.82, 2.24) is 0 Å². The van der Waals surface area contributed by atoms with Crippen molar-refractivity contribution in [2.45, 2.75) is 71.3 Å². The maximum absolute atomic E-state index is 11.2. The number of phenolic OH excluding ortho intramolecular Hbond substituents is 2. The molecule has 3 nitrogen and oxygen atoms in total. The maximum Gasteiger partial charge on any atom is 0.129 e. The van der Waals surface area contributed by atoms with Gasteiger partial charge in [0.25, 0.3) is 0 Å². The zero-order valence-electron chi connectivity index (χ0n) is 16.3. The molecule has 1 heterocycles. The SMILES string of the molecule is C=C(C)C1CCC(C)=CC1c1c(O)cc(CCCCC)c(C2CO2)c1O. The highest BCUT2D eigenvalue weighted by molar-refractivity contribution is 5.58. The van der Waals surface area contributed by atoms with Crippen molar-refractivity contribution in [3.8, 4) is 11.5 Å². The first kappa shape index (κ1) is 19.0. The lowest BCUT2D eigenvalue weighted by atomic mass is 9.73. The van der Waals surface area contributed by atoms with Gasteiger partial charge >= 0.3 is 0 Å². The smallest absolute Gasteiger partial charge is 0.129 e. The largest absolute Gasteiger partial charge is 0.507 e. The van der Waals surface area contributed by atoms with E-state index >= 15 is 0 Å². The van der Waals surface area contributed by atoms with Crippen LogP contribution in [-0.2, 0) is 11.2 Å². The molecular formula is C23H32O3. The molecule has 142 valence electrons. The van der Waals surface area contributed by atoms with Crippen molar-refractivity contribution >= 4 is 0 Å². The van der Waals surface area contributed by atoms with Crippen LogP contribution in [0.15, 0.2) is 29.9 Å². The molecule has 2 aliphatic rings. The molecular weight excluding hydrogens is 324 g/mol. The first-order valence-electron chi connectivity index (χ1n) is 9.95. The van der Waals surface area contributed by atoms with Crippen LogP contribution in [0.4, 0.5) is 0 Å². The van der Waals surface area contributed by atoms with E-state index < -0.39 is 0 Å². The maximum atomic E-state index is 11.2. The Kier molecular flexibility index (Phi) is 5.76. The molecule has 3 atom stereocenters. The van der Waals surface area contributed by atoms with Crippen molar-refractivity contribution in [2.24, 2.45) is 5.92 Å². The Morgan fingerprint density at radius 2 is 2.00 bits per heavy atom. The molecule has 0 amide bonds. The number of phenols is 2. The number of ether oxygens (including phenoxy) is 1. The second-order valence-corrected chi connectivity index (χ2v) is 8.04. The first-order valence-corrected chi connectivity index (χ1v) is 9.95. The lowest BCUT2D eigenvalue weighted by Gasteiger charge is -2.32. The average molecular weight is 357 g/mol. The van der Waals surface area contributed by atoms with Gasteiger partial charge in [0.15, 0.2) is 0 Å². The highest BCUT2D eigenvalue weighted by Gasteiger charge is 2.36. The van der Waals surface area contributed by atoms with Gasteiger partial charge in [-0.2, -0.15) is 0 Å². The van der Waals surface area contributed by atoms with Crippen LogP contribution in [0, 0.1) is 5.92 Å². The lowest BCUT2D eigenvalue weighted by molar-refractivity contribution is 0.381. The third-order valence-corrected chi connectivity index (χ3v) is 5.86. The predicted molar refractivity (Wildman–Crippen MR) is 106 cm³/mol. The van der Waals surface area contributed by atoms with Crippen LogP contribution in [0.3, 0.4) is 0 Å². The molecule has 0 spiro atoms. The number of epoxide rings is 1. The van der Waals surface area contributed by atoms with Gasteiger partial charge in [-0.1, -0.05) is 43.6 Å². The molecule has 1 aliphatic carbocycles. The number of benzene rings is 1. The van der Waals surface area contributed by atoms with Gasteiger partial charge in [-0.25, -0.2) is 0 Å². The van der Waals surface area contributed by atoms with Crippen LogP contribution >= 0.6 is 0 Å². The van der Waals surface area contributed by atoms with Gasteiger partial charge in [0, 0.05) is 17.0 Å². The second-order valence-electron chi connectivity index (χ2n) is 8.04. The third kappa shape index (κ3) is 3.83. The van der Waals surface area contributed by atoms with E-state index in [1.807, 2.05) is 13.0 Å². The summed E-state index contributed by atoms with van der Waals surface area (Å²) in [6.45, 7) is 11.2. The van der Waals surface area contributed by atoms with Gasteiger partial charge in [0.1, 0.15) is 17.6 Å². The number of aryl methyl sites for hydroxylation is 1. The summed E-state index contributed by atoms with van der Waals surface area (Å²) in [5.74, 6) is 0.666. The van der Waals surface area contributed by atoms with Crippen molar-refractivity contribution in [3.63, 3.8) is 0 Å². The standard InChI is InChI=1S/C23H32O3/c1-5-6-7-8-16-12-19(24)22(23(25)21(16)20-13-26-20)18-11-15(4)9-10-17(18)14(2)3/h11-12,17-18,20,24-25H,2,5-10,13H2,1,3-4H3. The lowest BCUT2D eigenvalue weighted by Crippen LogP contribution is -2.17. The van der Waals surface area contributed by atoms with Crippen molar-refractivity contribution in [3.05, 3.63) is 46.6 Å². The van der Waals surface area contributed by atoms with Crippen molar-refractivity contribution in [2.75, 3.05) is 6.61 Å². The average Bonchev–Trinajstić information content (AvgIpc) is 3.39. The molecule has 0 aromatic heterocycles. The summed E-state index contributed by atoms with van der Waals surface area (Å²) < 4.78 is 5.53. The zero-order chi connectivity index (χ0) is 18.8. The Morgan fingerprint density at radius 3 is 2.62 bits per heavy atom. The quantitative estimate of drug-likeness (QED) is 0.362. The van der Waals surface area contributed by atoms with E-state index in [1.54, 1.807) is 0 Å². The van der Waals surface area contributed by atoms with Gasteiger partial charge in [0.05, 0.1) is 6.61 Å². The second kappa shape index (κ2) is 7.87. The highest BCUT2D eigenvalue weighted by Crippen LogP contribution is 2.51. The number of hydrogen-bond acceptors (Lipinski definition) is 3. The fourth-order valence-corrected chi connectivity index (χ4v) is 4.32. The monoisotopic (exact) mass is 356 g/mol.